The summed E-state index contributed by atoms with van der Waals surface area (Å²) in [4.78, 5) is 0. The first-order valence-electron chi connectivity index (χ1n) is 3.94. The SMILES string of the molecule is CC(CC=N)C[Si](C)(C)C. The second-order valence-electron chi connectivity index (χ2n) is 4.31. The van der Waals surface area contributed by atoms with Crippen molar-refractivity contribution in [1.29, 1.82) is 5.41 Å². The Hall–Kier alpha value is -0.113. The molecule has 1 N–H and O–H groups in total. The second-order valence-corrected chi connectivity index (χ2v) is 9.84. The molecule has 0 aliphatic rings. The number of hydrogen-bond acceptors (Lipinski definition) is 1. The van der Waals surface area contributed by atoms with Crippen LogP contribution in [0.2, 0.25) is 25.7 Å². The van der Waals surface area contributed by atoms with Gasteiger partial charge < -0.3 is 5.41 Å². The minimum atomic E-state index is -0.861. The van der Waals surface area contributed by atoms with Crippen LogP contribution in [0.4, 0.5) is 0 Å². The van der Waals surface area contributed by atoms with Crippen LogP contribution in [0.25, 0.3) is 0 Å². The lowest BCUT2D eigenvalue weighted by Gasteiger charge is -2.19. The van der Waals surface area contributed by atoms with Crippen molar-refractivity contribution >= 4 is 14.3 Å². The monoisotopic (exact) mass is 157 g/mol. The highest BCUT2D eigenvalue weighted by Crippen LogP contribution is 2.17. The third kappa shape index (κ3) is 6.01. The van der Waals surface area contributed by atoms with Crippen LogP contribution in [-0.4, -0.2) is 14.3 Å². The zero-order valence-electron chi connectivity index (χ0n) is 7.57. The largest absolute Gasteiger partial charge is 0.313 e. The van der Waals surface area contributed by atoms with Crippen LogP contribution in [0.3, 0.4) is 0 Å². The smallest absolute Gasteiger partial charge is 0.0445 e. The average Bonchev–Trinajstić information content (AvgIpc) is 1.59. The maximum Gasteiger partial charge on any atom is 0.0445 e. The van der Waals surface area contributed by atoms with Gasteiger partial charge in [0.05, 0.1) is 0 Å². The van der Waals surface area contributed by atoms with Gasteiger partial charge in [-0.25, -0.2) is 0 Å². The Morgan fingerprint density at radius 2 is 1.90 bits per heavy atom. The van der Waals surface area contributed by atoms with E-state index >= 15 is 0 Å². The molecule has 0 aliphatic heterocycles. The molecule has 0 aromatic rings. The van der Waals surface area contributed by atoms with Crippen molar-refractivity contribution in [3.8, 4) is 0 Å². The van der Waals surface area contributed by atoms with E-state index in [0.29, 0.717) is 0 Å². The molecule has 0 aromatic carbocycles. The van der Waals surface area contributed by atoms with Crippen LogP contribution < -0.4 is 0 Å². The maximum absolute atomic E-state index is 6.93. The summed E-state index contributed by atoms with van der Waals surface area (Å²) in [7, 11) is -0.861. The van der Waals surface area contributed by atoms with Crippen LogP contribution in [-0.2, 0) is 0 Å². The first-order valence-corrected chi connectivity index (χ1v) is 7.65. The Balaban J connectivity index is 3.56. The summed E-state index contributed by atoms with van der Waals surface area (Å²) >= 11 is 0. The molecule has 1 unspecified atom stereocenters. The molecule has 0 radical (unpaired) electrons. The fourth-order valence-electron chi connectivity index (χ4n) is 1.33. The topological polar surface area (TPSA) is 23.9 Å². The van der Waals surface area contributed by atoms with Crippen molar-refractivity contribution < 1.29 is 0 Å². The predicted octanol–water partition coefficient (Wildman–Crippen LogP) is 3.00. The molecular formula is C8H19NSi. The fraction of sp³-hybridized carbons (Fsp3) is 0.875. The number of hydrogen-bond donors (Lipinski definition) is 1. The molecule has 60 valence electrons. The highest BCUT2D eigenvalue weighted by Gasteiger charge is 2.16. The van der Waals surface area contributed by atoms with Gasteiger partial charge in [0.15, 0.2) is 0 Å². The van der Waals surface area contributed by atoms with Gasteiger partial charge in [-0.15, -0.1) is 0 Å². The van der Waals surface area contributed by atoms with Crippen molar-refractivity contribution in [1.82, 2.24) is 0 Å². The molecule has 2 heteroatoms. The third-order valence-electron chi connectivity index (χ3n) is 1.48. The first kappa shape index (κ1) is 9.89. The molecule has 0 saturated heterocycles. The van der Waals surface area contributed by atoms with Gasteiger partial charge in [0.1, 0.15) is 0 Å². The zero-order valence-corrected chi connectivity index (χ0v) is 8.57. The summed E-state index contributed by atoms with van der Waals surface area (Å²) in [6.45, 7) is 9.39. The maximum atomic E-state index is 6.93. The lowest BCUT2D eigenvalue weighted by atomic mass is 10.1. The lowest BCUT2D eigenvalue weighted by Crippen LogP contribution is -2.22. The van der Waals surface area contributed by atoms with E-state index in [1.54, 1.807) is 0 Å². The van der Waals surface area contributed by atoms with Crippen molar-refractivity contribution in [2.24, 2.45) is 5.92 Å². The molecule has 10 heavy (non-hydrogen) atoms. The van der Waals surface area contributed by atoms with Gasteiger partial charge >= 0.3 is 0 Å². The molecule has 0 spiro atoms. The van der Waals surface area contributed by atoms with Crippen LogP contribution in [0, 0.1) is 11.3 Å². The van der Waals surface area contributed by atoms with E-state index in [-0.39, 0.29) is 0 Å². The van der Waals surface area contributed by atoms with Gasteiger partial charge in [-0.3, -0.25) is 0 Å². The van der Waals surface area contributed by atoms with Crippen molar-refractivity contribution in [2.75, 3.05) is 0 Å². The van der Waals surface area contributed by atoms with Crippen LogP contribution >= 0.6 is 0 Å². The Bertz CT molecular complexity index is 104. The summed E-state index contributed by atoms with van der Waals surface area (Å²) in [5, 5.41) is 6.93. The molecule has 0 fully saturated rings. The van der Waals surface area contributed by atoms with Crippen LogP contribution in [0.1, 0.15) is 13.3 Å². The van der Waals surface area contributed by atoms with E-state index in [1.165, 1.54) is 12.3 Å². The van der Waals surface area contributed by atoms with E-state index in [0.717, 1.165) is 12.3 Å². The van der Waals surface area contributed by atoms with Crippen LogP contribution in [0.15, 0.2) is 0 Å². The molecular weight excluding hydrogens is 138 g/mol. The average molecular weight is 157 g/mol. The van der Waals surface area contributed by atoms with E-state index in [4.69, 9.17) is 5.41 Å². The predicted molar refractivity (Wildman–Crippen MR) is 50.7 cm³/mol. The molecule has 1 nitrogen and oxygen atoms in total. The molecule has 0 bridgehead atoms. The molecule has 0 aliphatic carbocycles. The molecule has 0 heterocycles. The van der Waals surface area contributed by atoms with Gasteiger partial charge in [0.2, 0.25) is 0 Å². The fourth-order valence-corrected chi connectivity index (χ4v) is 3.59. The Morgan fingerprint density at radius 3 is 2.20 bits per heavy atom. The highest BCUT2D eigenvalue weighted by molar-refractivity contribution is 6.76. The van der Waals surface area contributed by atoms with Gasteiger partial charge in [-0.2, -0.15) is 0 Å². The summed E-state index contributed by atoms with van der Waals surface area (Å²) in [6.07, 6.45) is 2.50. The molecule has 0 saturated carbocycles. The van der Waals surface area contributed by atoms with E-state index in [9.17, 15) is 0 Å². The van der Waals surface area contributed by atoms with E-state index in [1.807, 2.05) is 0 Å². The summed E-state index contributed by atoms with van der Waals surface area (Å²) < 4.78 is 0. The summed E-state index contributed by atoms with van der Waals surface area (Å²) in [5.41, 5.74) is 0. The second kappa shape index (κ2) is 3.91. The molecule has 0 amide bonds. The number of nitrogens with one attached hydrogen (secondary N) is 1. The number of rotatable bonds is 4. The minimum absolute atomic E-state index is 0.726. The van der Waals surface area contributed by atoms with E-state index < -0.39 is 8.07 Å². The van der Waals surface area contributed by atoms with Gasteiger partial charge in [0.25, 0.3) is 0 Å². The molecule has 1 atom stereocenters. The quantitative estimate of drug-likeness (QED) is 0.479. The van der Waals surface area contributed by atoms with Gasteiger partial charge in [0, 0.05) is 8.07 Å². The normalized spacial score (nSPS) is 14.8. The summed E-state index contributed by atoms with van der Waals surface area (Å²) in [5.74, 6) is 0.726. The van der Waals surface area contributed by atoms with Crippen molar-refractivity contribution in [3.05, 3.63) is 0 Å². The third-order valence-corrected chi connectivity index (χ3v) is 3.40. The standard InChI is InChI=1S/C8H19NSi/c1-8(5-6-9)7-10(2,3)4/h6,8-9H,5,7H2,1-4H3. The van der Waals surface area contributed by atoms with Crippen molar-refractivity contribution in [3.63, 3.8) is 0 Å². The van der Waals surface area contributed by atoms with Gasteiger partial charge in [-0.1, -0.05) is 32.6 Å². The Morgan fingerprint density at radius 1 is 1.40 bits per heavy atom. The highest BCUT2D eigenvalue weighted by atomic mass is 28.3. The first-order chi connectivity index (χ1) is 4.45. The Kier molecular flexibility index (Phi) is 3.87. The zero-order chi connectivity index (χ0) is 8.20. The van der Waals surface area contributed by atoms with Crippen LogP contribution in [0.5, 0.6) is 0 Å². The molecule has 0 aromatic heterocycles. The van der Waals surface area contributed by atoms with Gasteiger partial charge in [-0.05, 0) is 18.6 Å². The van der Waals surface area contributed by atoms with Crippen molar-refractivity contribution in [2.45, 2.75) is 39.0 Å². The Labute approximate surface area is 65.4 Å². The minimum Gasteiger partial charge on any atom is -0.313 e. The lowest BCUT2D eigenvalue weighted by molar-refractivity contribution is 0.676. The summed E-state index contributed by atoms with van der Waals surface area (Å²) in [6, 6.07) is 1.35. The molecule has 0 rings (SSSR count). The van der Waals surface area contributed by atoms with E-state index in [2.05, 4.69) is 26.6 Å².